The third kappa shape index (κ3) is 4.05. The van der Waals surface area contributed by atoms with Crippen molar-refractivity contribution in [3.05, 3.63) is 28.7 Å². The maximum atomic E-state index is 12.7. The molecule has 0 heterocycles. The molecule has 5 nitrogen and oxygen atoms in total. The second kappa shape index (κ2) is 6.89. The molecular weight excluding hydrogens is 358 g/mol. The Morgan fingerprint density at radius 1 is 1.19 bits per heavy atom. The number of benzene rings is 1. The molecule has 0 saturated heterocycles. The number of nitrogens with zero attached hydrogens (tertiary/aromatic N) is 1. The molecule has 1 aromatic rings. The monoisotopic (exact) mass is 375 g/mol. The minimum atomic E-state index is -3.78. The van der Waals surface area contributed by atoms with Gasteiger partial charge in [-0.15, -0.1) is 0 Å². The summed E-state index contributed by atoms with van der Waals surface area (Å²) in [6, 6.07) is 6.07. The van der Waals surface area contributed by atoms with E-state index in [1.165, 1.54) is 12.1 Å². The van der Waals surface area contributed by atoms with Crippen LogP contribution in [0.1, 0.15) is 32.1 Å². The van der Waals surface area contributed by atoms with Gasteiger partial charge in [0.15, 0.2) is 0 Å². The Kier molecular flexibility index (Phi) is 5.40. The fraction of sp³-hybridized carbons (Fsp3) is 0.500. The van der Waals surface area contributed by atoms with Gasteiger partial charge in [-0.25, -0.2) is 8.42 Å². The van der Waals surface area contributed by atoms with E-state index in [4.69, 9.17) is 5.11 Å². The summed E-state index contributed by atoms with van der Waals surface area (Å²) in [6.07, 6.45) is 4.41. The minimum absolute atomic E-state index is 0.137. The van der Waals surface area contributed by atoms with Gasteiger partial charge < -0.3 is 5.11 Å². The lowest BCUT2D eigenvalue weighted by Crippen LogP contribution is -2.44. The summed E-state index contributed by atoms with van der Waals surface area (Å²) in [5.41, 5.74) is 0. The molecule has 1 fully saturated rings. The summed E-state index contributed by atoms with van der Waals surface area (Å²) in [7, 11) is -3.78. The average Bonchev–Trinajstić information content (AvgIpc) is 2.46. The molecule has 116 valence electrons. The topological polar surface area (TPSA) is 74.7 Å². The number of aliphatic carboxylic acids is 1. The number of rotatable bonds is 5. The highest BCUT2D eigenvalue weighted by Gasteiger charge is 2.33. The van der Waals surface area contributed by atoms with Gasteiger partial charge in [-0.2, -0.15) is 4.31 Å². The number of halogens is 1. The Balaban J connectivity index is 2.33. The van der Waals surface area contributed by atoms with Crippen molar-refractivity contribution in [2.45, 2.75) is 43.0 Å². The van der Waals surface area contributed by atoms with E-state index >= 15 is 0 Å². The molecular formula is C14H18BrNO4S. The lowest BCUT2D eigenvalue weighted by atomic mass is 9.95. The standard InChI is InChI=1S/C14H18BrNO4S/c15-11-6-8-13(9-7-11)21(19,20)16(10-14(17)18)12-4-2-1-3-5-12/h6-9,12H,1-5,10H2,(H,17,18). The van der Waals surface area contributed by atoms with Crippen LogP contribution in [0.25, 0.3) is 0 Å². The highest BCUT2D eigenvalue weighted by molar-refractivity contribution is 9.10. The molecule has 0 bridgehead atoms. The Bertz CT molecular complexity index is 594. The average molecular weight is 376 g/mol. The van der Waals surface area contributed by atoms with Crippen LogP contribution in [-0.4, -0.2) is 36.4 Å². The molecule has 0 aromatic heterocycles. The van der Waals surface area contributed by atoms with Gasteiger partial charge in [0.25, 0.3) is 0 Å². The molecule has 1 aliphatic carbocycles. The molecule has 7 heteroatoms. The van der Waals surface area contributed by atoms with E-state index < -0.39 is 22.5 Å². The Hall–Kier alpha value is -0.920. The van der Waals surface area contributed by atoms with E-state index in [9.17, 15) is 13.2 Å². The molecule has 0 spiro atoms. The third-order valence-electron chi connectivity index (χ3n) is 3.69. The fourth-order valence-electron chi connectivity index (χ4n) is 2.65. The van der Waals surface area contributed by atoms with Gasteiger partial charge in [0.2, 0.25) is 10.0 Å². The Labute approximate surface area is 133 Å². The first-order valence-electron chi connectivity index (χ1n) is 6.90. The van der Waals surface area contributed by atoms with Crippen LogP contribution in [0.4, 0.5) is 0 Å². The van der Waals surface area contributed by atoms with Gasteiger partial charge in [-0.1, -0.05) is 35.2 Å². The summed E-state index contributed by atoms with van der Waals surface area (Å²) in [4.78, 5) is 11.2. The van der Waals surface area contributed by atoms with E-state index in [0.717, 1.165) is 40.9 Å². The molecule has 0 aliphatic heterocycles. The maximum absolute atomic E-state index is 12.7. The van der Waals surface area contributed by atoms with Crippen LogP contribution < -0.4 is 0 Å². The summed E-state index contributed by atoms with van der Waals surface area (Å²) in [5.74, 6) is -1.12. The van der Waals surface area contributed by atoms with Gasteiger partial charge in [0.1, 0.15) is 6.54 Å². The third-order valence-corrected chi connectivity index (χ3v) is 6.13. The molecule has 1 N–H and O–H groups in total. The van der Waals surface area contributed by atoms with Crippen molar-refractivity contribution in [2.75, 3.05) is 6.54 Å². The van der Waals surface area contributed by atoms with Crippen LogP contribution in [-0.2, 0) is 14.8 Å². The van der Waals surface area contributed by atoms with Gasteiger partial charge in [-0.3, -0.25) is 4.79 Å². The summed E-state index contributed by atoms with van der Waals surface area (Å²) >= 11 is 3.26. The highest BCUT2D eigenvalue weighted by atomic mass is 79.9. The number of sulfonamides is 1. The van der Waals surface area contributed by atoms with Crippen molar-refractivity contribution in [1.82, 2.24) is 4.31 Å². The van der Waals surface area contributed by atoms with Gasteiger partial charge in [0.05, 0.1) is 4.90 Å². The summed E-state index contributed by atoms with van der Waals surface area (Å²) in [5, 5.41) is 9.06. The van der Waals surface area contributed by atoms with Crippen molar-refractivity contribution in [3.63, 3.8) is 0 Å². The van der Waals surface area contributed by atoms with E-state index in [1.54, 1.807) is 12.1 Å². The SMILES string of the molecule is O=C(O)CN(C1CCCCC1)S(=O)(=O)c1ccc(Br)cc1. The minimum Gasteiger partial charge on any atom is -0.480 e. The summed E-state index contributed by atoms with van der Waals surface area (Å²) in [6.45, 7) is -0.483. The lowest BCUT2D eigenvalue weighted by molar-refractivity contribution is -0.137. The summed E-state index contributed by atoms with van der Waals surface area (Å²) < 4.78 is 27.4. The quantitative estimate of drug-likeness (QED) is 0.858. The van der Waals surface area contributed by atoms with Crippen LogP contribution in [0.15, 0.2) is 33.6 Å². The Morgan fingerprint density at radius 2 is 1.76 bits per heavy atom. The van der Waals surface area contributed by atoms with Crippen molar-refractivity contribution < 1.29 is 18.3 Å². The van der Waals surface area contributed by atoms with Crippen LogP contribution in [0.2, 0.25) is 0 Å². The molecule has 0 atom stereocenters. The van der Waals surface area contributed by atoms with Gasteiger partial charge in [0, 0.05) is 10.5 Å². The number of carboxylic acids is 1. The largest absolute Gasteiger partial charge is 0.480 e. The maximum Gasteiger partial charge on any atom is 0.318 e. The van der Waals surface area contributed by atoms with Crippen molar-refractivity contribution in [1.29, 1.82) is 0 Å². The molecule has 2 rings (SSSR count). The highest BCUT2D eigenvalue weighted by Crippen LogP contribution is 2.28. The number of carbonyl (C=O) groups is 1. The van der Waals surface area contributed by atoms with Crippen LogP contribution in [0, 0.1) is 0 Å². The molecule has 0 amide bonds. The fourth-order valence-corrected chi connectivity index (χ4v) is 4.55. The molecule has 0 unspecified atom stereocenters. The van der Waals surface area contributed by atoms with Crippen molar-refractivity contribution >= 4 is 31.9 Å². The molecule has 1 aromatic carbocycles. The van der Waals surface area contributed by atoms with E-state index in [-0.39, 0.29) is 10.9 Å². The molecule has 0 radical (unpaired) electrons. The van der Waals surface area contributed by atoms with Gasteiger partial charge in [-0.05, 0) is 37.1 Å². The van der Waals surface area contributed by atoms with E-state index in [0.29, 0.717) is 0 Å². The lowest BCUT2D eigenvalue weighted by Gasteiger charge is -2.32. The molecule has 1 saturated carbocycles. The predicted octanol–water partition coefficient (Wildman–Crippen LogP) is 2.86. The van der Waals surface area contributed by atoms with Crippen molar-refractivity contribution in [3.8, 4) is 0 Å². The van der Waals surface area contributed by atoms with Crippen LogP contribution >= 0.6 is 15.9 Å². The van der Waals surface area contributed by atoms with Crippen molar-refractivity contribution in [2.24, 2.45) is 0 Å². The van der Waals surface area contributed by atoms with Gasteiger partial charge >= 0.3 is 5.97 Å². The zero-order chi connectivity index (χ0) is 15.5. The normalized spacial score (nSPS) is 17.0. The first-order chi connectivity index (χ1) is 9.91. The molecule has 1 aliphatic rings. The van der Waals surface area contributed by atoms with Crippen LogP contribution in [0.5, 0.6) is 0 Å². The Morgan fingerprint density at radius 3 is 2.29 bits per heavy atom. The second-order valence-electron chi connectivity index (χ2n) is 5.19. The first kappa shape index (κ1) is 16.5. The predicted molar refractivity (Wildman–Crippen MR) is 82.5 cm³/mol. The van der Waals surface area contributed by atoms with E-state index in [1.807, 2.05) is 0 Å². The number of hydrogen-bond donors (Lipinski definition) is 1. The number of hydrogen-bond acceptors (Lipinski definition) is 3. The van der Waals surface area contributed by atoms with Crippen LogP contribution in [0.3, 0.4) is 0 Å². The molecule has 21 heavy (non-hydrogen) atoms. The van der Waals surface area contributed by atoms with E-state index in [2.05, 4.69) is 15.9 Å². The number of carboxylic acid groups (broad SMARTS) is 1. The zero-order valence-electron chi connectivity index (χ0n) is 11.5. The first-order valence-corrected chi connectivity index (χ1v) is 9.14. The smallest absolute Gasteiger partial charge is 0.318 e. The zero-order valence-corrected chi connectivity index (χ0v) is 13.9. The second-order valence-corrected chi connectivity index (χ2v) is 8.00.